The maximum Gasteiger partial charge on any atom is 0.0762 e. The minimum Gasteiger partial charge on any atom is -0.389 e. The summed E-state index contributed by atoms with van der Waals surface area (Å²) in [7, 11) is 0. The van der Waals surface area contributed by atoms with Gasteiger partial charge in [0.25, 0.3) is 0 Å². The van der Waals surface area contributed by atoms with Gasteiger partial charge in [-0.05, 0) is 48.2 Å². The van der Waals surface area contributed by atoms with Crippen LogP contribution in [0.2, 0.25) is 0 Å². The lowest BCUT2D eigenvalue weighted by molar-refractivity contribution is 0.199. The van der Waals surface area contributed by atoms with E-state index in [1.165, 1.54) is 16.7 Å². The number of aromatic nitrogens is 1. The molecule has 100 valence electrons. The zero-order valence-electron chi connectivity index (χ0n) is 11.7. The second-order valence-electron chi connectivity index (χ2n) is 5.13. The van der Waals surface area contributed by atoms with Crippen molar-refractivity contribution in [3.63, 3.8) is 0 Å². The first kappa shape index (κ1) is 12.8. The number of hydrogen-bond donors (Lipinski definition) is 1. The number of benzene rings is 2. The minimum absolute atomic E-state index is 0.469. The van der Waals surface area contributed by atoms with Gasteiger partial charge in [-0.2, -0.15) is 0 Å². The van der Waals surface area contributed by atoms with Crippen molar-refractivity contribution in [1.29, 1.82) is 0 Å². The molecule has 0 saturated carbocycles. The highest BCUT2D eigenvalue weighted by molar-refractivity contribution is 5.95. The quantitative estimate of drug-likeness (QED) is 0.749. The Balaban J connectivity index is 2.25. The third kappa shape index (κ3) is 2.19. The molecule has 0 amide bonds. The molecule has 0 radical (unpaired) electrons. The van der Waals surface area contributed by atoms with E-state index in [1.54, 1.807) is 6.92 Å². The predicted octanol–water partition coefficient (Wildman–Crippen LogP) is 4.26. The maximum atomic E-state index is 9.69. The maximum absolute atomic E-state index is 9.69. The molecule has 2 heteroatoms. The molecule has 0 saturated heterocycles. The molecule has 0 fully saturated rings. The van der Waals surface area contributed by atoms with Crippen molar-refractivity contribution >= 4 is 10.9 Å². The van der Waals surface area contributed by atoms with Crippen LogP contribution in [-0.4, -0.2) is 10.1 Å². The SMILES string of the molecule is Cc1ccccc1-c1ccnc2cc(C(C)O)ccc12. The lowest BCUT2D eigenvalue weighted by Crippen LogP contribution is -1.93. The molecule has 2 nitrogen and oxygen atoms in total. The summed E-state index contributed by atoms with van der Waals surface area (Å²) in [4.78, 5) is 4.43. The fourth-order valence-electron chi connectivity index (χ4n) is 2.53. The average molecular weight is 263 g/mol. The highest BCUT2D eigenvalue weighted by Gasteiger charge is 2.08. The van der Waals surface area contributed by atoms with Crippen molar-refractivity contribution in [2.75, 3.05) is 0 Å². The van der Waals surface area contributed by atoms with Crippen molar-refractivity contribution in [2.24, 2.45) is 0 Å². The van der Waals surface area contributed by atoms with E-state index in [4.69, 9.17) is 0 Å². The predicted molar refractivity (Wildman–Crippen MR) is 82.5 cm³/mol. The summed E-state index contributed by atoms with van der Waals surface area (Å²) in [5, 5.41) is 10.8. The molecular weight excluding hydrogens is 246 g/mol. The van der Waals surface area contributed by atoms with Gasteiger partial charge in [-0.25, -0.2) is 0 Å². The fourth-order valence-corrected chi connectivity index (χ4v) is 2.53. The van der Waals surface area contributed by atoms with Gasteiger partial charge in [0.15, 0.2) is 0 Å². The van der Waals surface area contributed by atoms with Crippen LogP contribution in [0.25, 0.3) is 22.0 Å². The second kappa shape index (κ2) is 5.06. The first-order valence-corrected chi connectivity index (χ1v) is 6.79. The Hall–Kier alpha value is -2.19. The number of pyridine rings is 1. The summed E-state index contributed by atoms with van der Waals surface area (Å²) < 4.78 is 0. The van der Waals surface area contributed by atoms with Crippen LogP contribution in [0.3, 0.4) is 0 Å². The normalized spacial score (nSPS) is 12.6. The smallest absolute Gasteiger partial charge is 0.0762 e. The minimum atomic E-state index is -0.469. The first-order chi connectivity index (χ1) is 9.66. The van der Waals surface area contributed by atoms with Crippen molar-refractivity contribution in [2.45, 2.75) is 20.0 Å². The zero-order chi connectivity index (χ0) is 14.1. The Bertz CT molecular complexity index is 762. The van der Waals surface area contributed by atoms with Gasteiger partial charge in [-0.3, -0.25) is 4.98 Å². The molecule has 20 heavy (non-hydrogen) atoms. The second-order valence-corrected chi connectivity index (χ2v) is 5.13. The van der Waals surface area contributed by atoms with E-state index in [1.807, 2.05) is 36.5 Å². The molecule has 3 aromatic rings. The molecule has 1 N–H and O–H groups in total. The fraction of sp³-hybridized carbons (Fsp3) is 0.167. The molecule has 0 spiro atoms. The van der Waals surface area contributed by atoms with E-state index in [0.717, 1.165) is 16.5 Å². The van der Waals surface area contributed by atoms with E-state index < -0.39 is 6.10 Å². The number of fused-ring (bicyclic) bond motifs is 1. The van der Waals surface area contributed by atoms with Gasteiger partial charge < -0.3 is 5.11 Å². The highest BCUT2D eigenvalue weighted by atomic mass is 16.3. The average Bonchev–Trinajstić information content (AvgIpc) is 2.46. The number of aliphatic hydroxyl groups excluding tert-OH is 1. The molecule has 1 aromatic heterocycles. The molecule has 0 aliphatic heterocycles. The van der Waals surface area contributed by atoms with Crippen LogP contribution >= 0.6 is 0 Å². The monoisotopic (exact) mass is 263 g/mol. The number of hydrogen-bond acceptors (Lipinski definition) is 2. The van der Waals surface area contributed by atoms with Gasteiger partial charge in [-0.1, -0.05) is 36.4 Å². The Morgan fingerprint density at radius 1 is 1.00 bits per heavy atom. The van der Waals surface area contributed by atoms with E-state index in [0.29, 0.717) is 0 Å². The Morgan fingerprint density at radius 3 is 2.55 bits per heavy atom. The van der Waals surface area contributed by atoms with Gasteiger partial charge in [-0.15, -0.1) is 0 Å². The third-order valence-electron chi connectivity index (χ3n) is 3.68. The van der Waals surface area contributed by atoms with Crippen LogP contribution in [0, 0.1) is 6.92 Å². The van der Waals surface area contributed by atoms with Crippen LogP contribution in [0.4, 0.5) is 0 Å². The van der Waals surface area contributed by atoms with Crippen molar-refractivity contribution in [1.82, 2.24) is 4.98 Å². The lowest BCUT2D eigenvalue weighted by Gasteiger charge is -2.11. The largest absolute Gasteiger partial charge is 0.389 e. The lowest BCUT2D eigenvalue weighted by atomic mass is 9.96. The van der Waals surface area contributed by atoms with Gasteiger partial charge in [0.1, 0.15) is 0 Å². The van der Waals surface area contributed by atoms with Crippen molar-refractivity contribution in [3.8, 4) is 11.1 Å². The summed E-state index contributed by atoms with van der Waals surface area (Å²) in [5.74, 6) is 0. The highest BCUT2D eigenvalue weighted by Crippen LogP contribution is 2.30. The number of rotatable bonds is 2. The standard InChI is InChI=1S/C18H17NO/c1-12-5-3-4-6-15(12)16-9-10-19-18-11-14(13(2)20)7-8-17(16)18/h3-11,13,20H,1-2H3. The molecule has 2 aromatic carbocycles. The van der Waals surface area contributed by atoms with Crippen LogP contribution in [0.1, 0.15) is 24.2 Å². The summed E-state index contributed by atoms with van der Waals surface area (Å²) in [6.45, 7) is 3.89. The van der Waals surface area contributed by atoms with E-state index in [-0.39, 0.29) is 0 Å². The first-order valence-electron chi connectivity index (χ1n) is 6.79. The molecule has 0 aliphatic carbocycles. The summed E-state index contributed by atoms with van der Waals surface area (Å²) in [6, 6.07) is 16.4. The number of nitrogens with zero attached hydrogens (tertiary/aromatic N) is 1. The summed E-state index contributed by atoms with van der Waals surface area (Å²) in [6.07, 6.45) is 1.36. The Labute approximate surface area is 118 Å². The van der Waals surface area contributed by atoms with Crippen molar-refractivity contribution in [3.05, 3.63) is 65.9 Å². The Morgan fingerprint density at radius 2 is 1.80 bits per heavy atom. The third-order valence-corrected chi connectivity index (χ3v) is 3.68. The van der Waals surface area contributed by atoms with Crippen LogP contribution in [-0.2, 0) is 0 Å². The van der Waals surface area contributed by atoms with Gasteiger partial charge in [0.05, 0.1) is 11.6 Å². The number of aryl methyl sites for hydroxylation is 1. The number of aliphatic hydroxyl groups is 1. The van der Waals surface area contributed by atoms with Crippen LogP contribution < -0.4 is 0 Å². The zero-order valence-corrected chi connectivity index (χ0v) is 11.7. The molecule has 1 heterocycles. The molecular formula is C18H17NO. The molecule has 0 aliphatic rings. The van der Waals surface area contributed by atoms with E-state index >= 15 is 0 Å². The van der Waals surface area contributed by atoms with Gasteiger partial charge >= 0.3 is 0 Å². The molecule has 1 unspecified atom stereocenters. The topological polar surface area (TPSA) is 33.1 Å². The van der Waals surface area contributed by atoms with Gasteiger partial charge in [0.2, 0.25) is 0 Å². The molecule has 1 atom stereocenters. The summed E-state index contributed by atoms with van der Waals surface area (Å²) >= 11 is 0. The van der Waals surface area contributed by atoms with Crippen LogP contribution in [0.5, 0.6) is 0 Å². The van der Waals surface area contributed by atoms with E-state index in [2.05, 4.69) is 30.1 Å². The Kier molecular flexibility index (Phi) is 3.25. The van der Waals surface area contributed by atoms with Crippen LogP contribution in [0.15, 0.2) is 54.7 Å². The molecule has 3 rings (SSSR count). The summed E-state index contributed by atoms with van der Waals surface area (Å²) in [5.41, 5.74) is 5.48. The van der Waals surface area contributed by atoms with Gasteiger partial charge in [0, 0.05) is 11.6 Å². The van der Waals surface area contributed by atoms with E-state index in [9.17, 15) is 5.11 Å². The molecule has 0 bridgehead atoms. The van der Waals surface area contributed by atoms with Crippen molar-refractivity contribution < 1.29 is 5.11 Å².